The van der Waals surface area contributed by atoms with Crippen LogP contribution in [0.3, 0.4) is 0 Å². The van der Waals surface area contributed by atoms with E-state index < -0.39 is 4.92 Å². The Morgan fingerprint density at radius 3 is 2.75 bits per heavy atom. The Hall–Kier alpha value is -2.18. The van der Waals surface area contributed by atoms with Crippen molar-refractivity contribution < 1.29 is 9.72 Å². The molecule has 0 radical (unpaired) electrons. The van der Waals surface area contributed by atoms with E-state index in [1.807, 2.05) is 6.92 Å². The van der Waals surface area contributed by atoms with Crippen LogP contribution in [0.25, 0.3) is 0 Å². The fourth-order valence-electron chi connectivity index (χ4n) is 1.60. The fraction of sp³-hybridized carbons (Fsp3) is 0.538. The number of anilines is 1. The van der Waals surface area contributed by atoms with Crippen molar-refractivity contribution in [2.45, 2.75) is 27.2 Å². The van der Waals surface area contributed by atoms with Crippen LogP contribution in [0.2, 0.25) is 0 Å². The molecule has 0 atom stereocenters. The number of carbonyl (C=O) groups is 1. The van der Waals surface area contributed by atoms with Gasteiger partial charge in [0.15, 0.2) is 0 Å². The summed E-state index contributed by atoms with van der Waals surface area (Å²) in [6, 6.07) is 1.25. The molecule has 0 saturated carbocycles. The maximum Gasteiger partial charge on any atom is 0.288 e. The lowest BCUT2D eigenvalue weighted by Gasteiger charge is -2.10. The molecular formula is C13H20N4O3. The van der Waals surface area contributed by atoms with Gasteiger partial charge in [-0.25, -0.2) is 4.98 Å². The van der Waals surface area contributed by atoms with Crippen molar-refractivity contribution in [3.8, 4) is 0 Å². The Labute approximate surface area is 117 Å². The van der Waals surface area contributed by atoms with Gasteiger partial charge in [0.05, 0.1) is 10.5 Å². The van der Waals surface area contributed by atoms with Crippen LogP contribution < -0.4 is 10.6 Å². The van der Waals surface area contributed by atoms with Gasteiger partial charge < -0.3 is 10.6 Å². The van der Waals surface area contributed by atoms with Crippen LogP contribution in [0.1, 0.15) is 37.6 Å². The van der Waals surface area contributed by atoms with Gasteiger partial charge in [-0.15, -0.1) is 0 Å². The van der Waals surface area contributed by atoms with E-state index in [0.29, 0.717) is 24.8 Å². The molecule has 0 unspecified atom stereocenters. The topological polar surface area (TPSA) is 97.2 Å². The van der Waals surface area contributed by atoms with E-state index in [0.717, 1.165) is 12.6 Å². The molecule has 0 bridgehead atoms. The number of amides is 1. The number of hydrogen-bond acceptors (Lipinski definition) is 5. The predicted octanol–water partition coefficient (Wildman–Crippen LogP) is 2.20. The minimum atomic E-state index is -0.562. The fourth-order valence-corrected chi connectivity index (χ4v) is 1.60. The second kappa shape index (κ2) is 7.42. The van der Waals surface area contributed by atoms with Crippen molar-refractivity contribution in [1.29, 1.82) is 0 Å². The lowest BCUT2D eigenvalue weighted by Crippen LogP contribution is -2.26. The third-order valence-electron chi connectivity index (χ3n) is 2.68. The van der Waals surface area contributed by atoms with Crippen LogP contribution >= 0.6 is 0 Å². The smallest absolute Gasteiger partial charge is 0.288 e. The SMILES string of the molecule is CCNc1ncc([N+](=O)[O-])cc1C(=O)NCCC(C)C. The van der Waals surface area contributed by atoms with Gasteiger partial charge in [0.2, 0.25) is 0 Å². The van der Waals surface area contributed by atoms with E-state index in [2.05, 4.69) is 29.5 Å². The molecule has 1 rings (SSSR count). The summed E-state index contributed by atoms with van der Waals surface area (Å²) in [6.45, 7) is 7.10. The zero-order chi connectivity index (χ0) is 15.1. The lowest BCUT2D eigenvalue weighted by molar-refractivity contribution is -0.385. The molecule has 0 aromatic carbocycles. The molecule has 1 aromatic rings. The van der Waals surface area contributed by atoms with Gasteiger partial charge in [0, 0.05) is 19.2 Å². The van der Waals surface area contributed by atoms with Crippen LogP contribution in [-0.4, -0.2) is 28.9 Å². The molecule has 20 heavy (non-hydrogen) atoms. The van der Waals surface area contributed by atoms with Gasteiger partial charge in [-0.3, -0.25) is 14.9 Å². The highest BCUT2D eigenvalue weighted by Crippen LogP contribution is 2.19. The number of rotatable bonds is 7. The van der Waals surface area contributed by atoms with E-state index in [-0.39, 0.29) is 17.2 Å². The molecule has 1 heterocycles. The molecule has 7 nitrogen and oxygen atoms in total. The number of nitrogens with one attached hydrogen (secondary N) is 2. The first kappa shape index (κ1) is 15.9. The van der Waals surface area contributed by atoms with E-state index in [9.17, 15) is 14.9 Å². The highest BCUT2D eigenvalue weighted by atomic mass is 16.6. The van der Waals surface area contributed by atoms with Crippen LogP contribution in [0.15, 0.2) is 12.3 Å². The molecule has 2 N–H and O–H groups in total. The van der Waals surface area contributed by atoms with Crippen molar-refractivity contribution in [2.75, 3.05) is 18.4 Å². The van der Waals surface area contributed by atoms with Crippen molar-refractivity contribution >= 4 is 17.4 Å². The van der Waals surface area contributed by atoms with E-state index in [1.54, 1.807) is 0 Å². The summed E-state index contributed by atoms with van der Waals surface area (Å²) in [5.41, 5.74) is 0.00506. The largest absolute Gasteiger partial charge is 0.370 e. The zero-order valence-electron chi connectivity index (χ0n) is 12.0. The first-order valence-corrected chi connectivity index (χ1v) is 6.62. The van der Waals surface area contributed by atoms with E-state index >= 15 is 0 Å². The molecule has 1 aromatic heterocycles. The van der Waals surface area contributed by atoms with E-state index in [1.165, 1.54) is 6.07 Å². The Balaban J connectivity index is 2.90. The van der Waals surface area contributed by atoms with Crippen LogP contribution in [0.4, 0.5) is 11.5 Å². The molecular weight excluding hydrogens is 260 g/mol. The quantitative estimate of drug-likeness (QED) is 0.589. The number of carbonyl (C=O) groups excluding carboxylic acids is 1. The molecule has 0 fully saturated rings. The summed E-state index contributed by atoms with van der Waals surface area (Å²) in [7, 11) is 0. The Morgan fingerprint density at radius 2 is 2.20 bits per heavy atom. The second-order valence-electron chi connectivity index (χ2n) is 4.82. The summed E-state index contributed by atoms with van der Waals surface area (Å²) in [5.74, 6) is 0.490. The number of pyridine rings is 1. The van der Waals surface area contributed by atoms with Gasteiger partial charge in [0.1, 0.15) is 12.0 Å². The van der Waals surface area contributed by atoms with E-state index in [4.69, 9.17) is 0 Å². The highest BCUT2D eigenvalue weighted by molar-refractivity contribution is 5.99. The Morgan fingerprint density at radius 1 is 1.50 bits per heavy atom. The average Bonchev–Trinajstić information content (AvgIpc) is 2.38. The Bertz CT molecular complexity index is 489. The van der Waals surface area contributed by atoms with Crippen LogP contribution in [-0.2, 0) is 0 Å². The molecule has 0 spiro atoms. The Kier molecular flexibility index (Phi) is 5.89. The number of nitro groups is 1. The van der Waals surface area contributed by atoms with Crippen molar-refractivity contribution in [2.24, 2.45) is 5.92 Å². The minimum absolute atomic E-state index is 0.194. The molecule has 7 heteroatoms. The standard InChI is InChI=1S/C13H20N4O3/c1-4-14-12-11(7-10(8-16-12)17(19)20)13(18)15-6-5-9(2)3/h7-9H,4-6H2,1-3H3,(H,14,16)(H,15,18). The summed E-state index contributed by atoms with van der Waals surface area (Å²) in [5, 5.41) is 16.4. The van der Waals surface area contributed by atoms with Gasteiger partial charge in [-0.05, 0) is 19.3 Å². The molecule has 0 aliphatic heterocycles. The number of nitrogens with zero attached hydrogens (tertiary/aromatic N) is 2. The third-order valence-corrected chi connectivity index (χ3v) is 2.68. The molecule has 0 aliphatic rings. The van der Waals surface area contributed by atoms with Gasteiger partial charge in [-0.2, -0.15) is 0 Å². The number of hydrogen-bond donors (Lipinski definition) is 2. The number of aromatic nitrogens is 1. The predicted molar refractivity (Wildman–Crippen MR) is 76.8 cm³/mol. The van der Waals surface area contributed by atoms with Gasteiger partial charge >= 0.3 is 0 Å². The summed E-state index contributed by atoms with van der Waals surface area (Å²) in [6.07, 6.45) is 1.99. The normalized spacial score (nSPS) is 10.4. The van der Waals surface area contributed by atoms with Gasteiger partial charge in [-0.1, -0.05) is 13.8 Å². The van der Waals surface area contributed by atoms with Crippen LogP contribution in [0.5, 0.6) is 0 Å². The second-order valence-corrected chi connectivity index (χ2v) is 4.82. The molecule has 110 valence electrons. The first-order valence-electron chi connectivity index (χ1n) is 6.62. The zero-order valence-corrected chi connectivity index (χ0v) is 12.0. The summed E-state index contributed by atoms with van der Waals surface area (Å²) in [4.78, 5) is 26.2. The maximum atomic E-state index is 12.1. The van der Waals surface area contributed by atoms with Crippen LogP contribution in [0, 0.1) is 16.0 Å². The van der Waals surface area contributed by atoms with Crippen molar-refractivity contribution in [1.82, 2.24) is 10.3 Å². The van der Waals surface area contributed by atoms with Gasteiger partial charge in [0.25, 0.3) is 11.6 Å². The summed E-state index contributed by atoms with van der Waals surface area (Å²) < 4.78 is 0. The third kappa shape index (κ3) is 4.49. The molecule has 0 saturated heterocycles. The maximum absolute atomic E-state index is 12.1. The molecule has 0 aliphatic carbocycles. The van der Waals surface area contributed by atoms with Crippen molar-refractivity contribution in [3.63, 3.8) is 0 Å². The van der Waals surface area contributed by atoms with Crippen molar-refractivity contribution in [3.05, 3.63) is 27.9 Å². The average molecular weight is 280 g/mol. The highest BCUT2D eigenvalue weighted by Gasteiger charge is 2.17. The minimum Gasteiger partial charge on any atom is -0.370 e. The summed E-state index contributed by atoms with van der Waals surface area (Å²) >= 11 is 0. The lowest BCUT2D eigenvalue weighted by atomic mass is 10.1. The monoisotopic (exact) mass is 280 g/mol. The molecule has 1 amide bonds. The first-order chi connectivity index (χ1) is 9.45.